The Morgan fingerprint density at radius 2 is 2.24 bits per heavy atom. The fourth-order valence-electron chi connectivity index (χ4n) is 1.77. The van der Waals surface area contributed by atoms with Crippen LogP contribution in [0.15, 0.2) is 45.7 Å². The second kappa shape index (κ2) is 5.38. The van der Waals surface area contributed by atoms with Crippen molar-refractivity contribution < 1.29 is 4.42 Å². The summed E-state index contributed by atoms with van der Waals surface area (Å²) in [6.45, 7) is 2.58. The highest BCUT2D eigenvalue weighted by molar-refractivity contribution is 9.10. The van der Waals surface area contributed by atoms with Gasteiger partial charge < -0.3 is 15.5 Å². The number of halogens is 1. The van der Waals surface area contributed by atoms with Gasteiger partial charge in [0.05, 0.1) is 18.6 Å². The molecule has 0 fully saturated rings. The van der Waals surface area contributed by atoms with Crippen LogP contribution in [-0.4, -0.2) is 6.54 Å². The van der Waals surface area contributed by atoms with Crippen LogP contribution in [0.3, 0.4) is 0 Å². The molecule has 1 unspecified atom stereocenters. The third-order valence-corrected chi connectivity index (χ3v) is 3.02. The smallest absolute Gasteiger partial charge is 0.0955 e. The van der Waals surface area contributed by atoms with Crippen molar-refractivity contribution >= 4 is 21.6 Å². The molecule has 4 heteroatoms. The summed E-state index contributed by atoms with van der Waals surface area (Å²) in [6.07, 6.45) is 3.38. The van der Waals surface area contributed by atoms with Crippen LogP contribution in [0.5, 0.6) is 0 Å². The molecule has 2 aromatic rings. The van der Waals surface area contributed by atoms with E-state index in [1.54, 1.807) is 12.5 Å². The fraction of sp³-hybridized carbons (Fsp3) is 0.231. The molecule has 17 heavy (non-hydrogen) atoms. The Morgan fingerprint density at radius 3 is 2.82 bits per heavy atom. The van der Waals surface area contributed by atoms with E-state index < -0.39 is 0 Å². The zero-order chi connectivity index (χ0) is 12.3. The lowest BCUT2D eigenvalue weighted by Gasteiger charge is -2.17. The summed E-state index contributed by atoms with van der Waals surface area (Å²) in [6, 6.07) is 8.20. The number of rotatable bonds is 4. The standard InChI is InChI=1S/C13H15BrN2O/c1-9-4-11(14)6-12(5-9)16-13(7-15)10-2-3-17-8-10/h2-6,8,13,16H,7,15H2,1H3. The van der Waals surface area contributed by atoms with Crippen LogP contribution in [0.25, 0.3) is 0 Å². The minimum absolute atomic E-state index is 0.0717. The second-order valence-electron chi connectivity index (χ2n) is 4.01. The van der Waals surface area contributed by atoms with Crippen molar-refractivity contribution in [1.82, 2.24) is 0 Å². The molecule has 0 saturated heterocycles. The van der Waals surface area contributed by atoms with Gasteiger partial charge in [0.25, 0.3) is 0 Å². The first-order valence-electron chi connectivity index (χ1n) is 5.45. The van der Waals surface area contributed by atoms with Gasteiger partial charge in [-0.05, 0) is 36.8 Å². The van der Waals surface area contributed by atoms with E-state index in [1.807, 2.05) is 12.1 Å². The fourth-order valence-corrected chi connectivity index (χ4v) is 2.38. The normalized spacial score (nSPS) is 12.4. The van der Waals surface area contributed by atoms with Gasteiger partial charge in [-0.25, -0.2) is 0 Å². The molecule has 1 heterocycles. The average molecular weight is 295 g/mol. The molecule has 0 radical (unpaired) electrons. The van der Waals surface area contributed by atoms with Crippen LogP contribution >= 0.6 is 15.9 Å². The number of benzene rings is 1. The lowest BCUT2D eigenvalue weighted by atomic mass is 10.1. The number of hydrogen-bond acceptors (Lipinski definition) is 3. The van der Waals surface area contributed by atoms with E-state index in [0.717, 1.165) is 15.7 Å². The van der Waals surface area contributed by atoms with Crippen LogP contribution in [0, 0.1) is 6.92 Å². The number of anilines is 1. The van der Waals surface area contributed by atoms with E-state index in [9.17, 15) is 0 Å². The quantitative estimate of drug-likeness (QED) is 0.908. The van der Waals surface area contributed by atoms with Crippen molar-refractivity contribution in [3.05, 3.63) is 52.4 Å². The van der Waals surface area contributed by atoms with Crippen LogP contribution in [0.2, 0.25) is 0 Å². The summed E-state index contributed by atoms with van der Waals surface area (Å²) in [7, 11) is 0. The van der Waals surface area contributed by atoms with Crippen LogP contribution in [-0.2, 0) is 0 Å². The van der Waals surface area contributed by atoms with Gasteiger partial charge in [0, 0.05) is 22.3 Å². The molecule has 0 spiro atoms. The van der Waals surface area contributed by atoms with E-state index in [2.05, 4.69) is 40.3 Å². The summed E-state index contributed by atoms with van der Waals surface area (Å²) in [5, 5.41) is 3.40. The van der Waals surface area contributed by atoms with Gasteiger partial charge in [-0.1, -0.05) is 15.9 Å². The molecule has 2 rings (SSSR count). The highest BCUT2D eigenvalue weighted by atomic mass is 79.9. The molecule has 0 aliphatic rings. The number of aryl methyl sites for hydroxylation is 1. The summed E-state index contributed by atoms with van der Waals surface area (Å²) in [5.41, 5.74) is 9.08. The van der Waals surface area contributed by atoms with E-state index in [-0.39, 0.29) is 6.04 Å². The SMILES string of the molecule is Cc1cc(Br)cc(NC(CN)c2ccoc2)c1. The molecule has 3 N–H and O–H groups in total. The molecule has 1 atom stereocenters. The number of hydrogen-bond donors (Lipinski definition) is 2. The average Bonchev–Trinajstić information content (AvgIpc) is 2.77. The Morgan fingerprint density at radius 1 is 1.41 bits per heavy atom. The summed E-state index contributed by atoms with van der Waals surface area (Å²) >= 11 is 3.48. The lowest BCUT2D eigenvalue weighted by Crippen LogP contribution is -2.20. The van der Waals surface area contributed by atoms with E-state index >= 15 is 0 Å². The minimum Gasteiger partial charge on any atom is -0.472 e. The third kappa shape index (κ3) is 3.11. The molecule has 1 aromatic heterocycles. The third-order valence-electron chi connectivity index (χ3n) is 2.56. The summed E-state index contributed by atoms with van der Waals surface area (Å²) in [4.78, 5) is 0. The maximum Gasteiger partial charge on any atom is 0.0955 e. The van der Waals surface area contributed by atoms with Crippen molar-refractivity contribution in [2.45, 2.75) is 13.0 Å². The molecular weight excluding hydrogens is 280 g/mol. The number of nitrogens with one attached hydrogen (secondary N) is 1. The predicted octanol–water partition coefficient (Wildman–Crippen LogP) is 3.46. The Hall–Kier alpha value is -1.26. The van der Waals surface area contributed by atoms with E-state index in [1.165, 1.54) is 5.56 Å². The molecule has 0 saturated carbocycles. The van der Waals surface area contributed by atoms with Gasteiger partial charge in [0.2, 0.25) is 0 Å². The van der Waals surface area contributed by atoms with E-state index in [4.69, 9.17) is 10.2 Å². The maximum atomic E-state index is 5.77. The first-order chi connectivity index (χ1) is 8.19. The van der Waals surface area contributed by atoms with Gasteiger partial charge in [0.15, 0.2) is 0 Å². The van der Waals surface area contributed by atoms with E-state index in [0.29, 0.717) is 6.54 Å². The zero-order valence-corrected chi connectivity index (χ0v) is 11.2. The topological polar surface area (TPSA) is 51.2 Å². The number of furan rings is 1. The first-order valence-corrected chi connectivity index (χ1v) is 6.24. The number of nitrogens with two attached hydrogens (primary N) is 1. The van der Waals surface area contributed by atoms with Crippen LogP contribution in [0.1, 0.15) is 17.2 Å². The lowest BCUT2D eigenvalue weighted by molar-refractivity contribution is 0.561. The van der Waals surface area contributed by atoms with Crippen molar-refractivity contribution in [2.75, 3.05) is 11.9 Å². The molecule has 3 nitrogen and oxygen atoms in total. The highest BCUT2D eigenvalue weighted by Gasteiger charge is 2.10. The molecule has 0 aliphatic carbocycles. The Bertz CT molecular complexity index is 462. The zero-order valence-electron chi connectivity index (χ0n) is 9.61. The molecule has 1 aromatic carbocycles. The molecule has 0 aliphatic heterocycles. The summed E-state index contributed by atoms with van der Waals surface area (Å²) < 4.78 is 6.14. The van der Waals surface area contributed by atoms with Gasteiger partial charge in [-0.15, -0.1) is 0 Å². The molecule has 90 valence electrons. The highest BCUT2D eigenvalue weighted by Crippen LogP contribution is 2.23. The van der Waals surface area contributed by atoms with Crippen molar-refractivity contribution in [1.29, 1.82) is 0 Å². The van der Waals surface area contributed by atoms with Gasteiger partial charge >= 0.3 is 0 Å². The van der Waals surface area contributed by atoms with Crippen LogP contribution in [0.4, 0.5) is 5.69 Å². The van der Waals surface area contributed by atoms with Crippen molar-refractivity contribution in [3.63, 3.8) is 0 Å². The van der Waals surface area contributed by atoms with Crippen molar-refractivity contribution in [2.24, 2.45) is 5.73 Å². The van der Waals surface area contributed by atoms with Gasteiger partial charge in [0.1, 0.15) is 0 Å². The largest absolute Gasteiger partial charge is 0.472 e. The van der Waals surface area contributed by atoms with Gasteiger partial charge in [-0.3, -0.25) is 0 Å². The second-order valence-corrected chi connectivity index (χ2v) is 4.92. The Kier molecular flexibility index (Phi) is 3.86. The maximum absolute atomic E-state index is 5.77. The molecular formula is C13H15BrN2O. The Balaban J connectivity index is 2.18. The van der Waals surface area contributed by atoms with Crippen molar-refractivity contribution in [3.8, 4) is 0 Å². The first kappa shape index (κ1) is 12.2. The minimum atomic E-state index is 0.0717. The summed E-state index contributed by atoms with van der Waals surface area (Å²) in [5.74, 6) is 0. The van der Waals surface area contributed by atoms with Gasteiger partial charge in [-0.2, -0.15) is 0 Å². The Labute approximate surface area is 109 Å². The molecule has 0 bridgehead atoms. The monoisotopic (exact) mass is 294 g/mol. The predicted molar refractivity (Wildman–Crippen MR) is 73.0 cm³/mol. The molecule has 0 amide bonds. The van der Waals surface area contributed by atoms with Crippen LogP contribution < -0.4 is 11.1 Å².